The number of amides is 2. The van der Waals surface area contributed by atoms with E-state index >= 15 is 0 Å². The van der Waals surface area contributed by atoms with Crippen molar-refractivity contribution in [2.45, 2.75) is 6.42 Å². The number of nitrogens with one attached hydrogen (secondary N) is 2. The normalized spacial score (nSPS) is 9.92. The van der Waals surface area contributed by atoms with Crippen molar-refractivity contribution in [3.8, 4) is 5.75 Å². The van der Waals surface area contributed by atoms with E-state index in [0.717, 1.165) is 18.2 Å². The highest BCUT2D eigenvalue weighted by Gasteiger charge is 2.15. The molecule has 0 spiro atoms. The summed E-state index contributed by atoms with van der Waals surface area (Å²) in [5, 5.41) is 22.7. The average molecular weight is 344 g/mol. The zero-order valence-corrected chi connectivity index (χ0v) is 12.6. The van der Waals surface area contributed by atoms with Gasteiger partial charge in [-0.05, 0) is 28.9 Å². The molecular weight excluding hydrogens is 332 g/mol. The Kier molecular flexibility index (Phi) is 5.36. The van der Waals surface area contributed by atoms with Gasteiger partial charge in [-0.15, -0.1) is 4.91 Å². The van der Waals surface area contributed by atoms with Crippen molar-refractivity contribution in [1.29, 1.82) is 0 Å². The third-order valence-electron chi connectivity index (χ3n) is 3.07. The molecule has 0 bridgehead atoms. The minimum absolute atomic E-state index is 0.000164. The molecule has 0 fully saturated rings. The summed E-state index contributed by atoms with van der Waals surface area (Å²) in [6.07, 6.45) is -0.106. The Morgan fingerprint density at radius 1 is 1.16 bits per heavy atom. The number of hydrogen-bond donors (Lipinski definition) is 3. The van der Waals surface area contributed by atoms with Gasteiger partial charge in [-0.2, -0.15) is 0 Å². The Labute approximate surface area is 140 Å². The lowest BCUT2D eigenvalue weighted by Crippen LogP contribution is -2.42. The van der Waals surface area contributed by atoms with Crippen LogP contribution in [0.2, 0.25) is 0 Å². The highest BCUT2D eigenvalue weighted by atomic mass is 16.6. The number of phenols is 1. The zero-order chi connectivity index (χ0) is 18.4. The lowest BCUT2D eigenvalue weighted by Gasteiger charge is -2.08. The lowest BCUT2D eigenvalue weighted by atomic mass is 10.1. The van der Waals surface area contributed by atoms with Crippen LogP contribution in [0.5, 0.6) is 5.75 Å². The molecule has 3 N–H and O–H groups in total. The number of hydrazine groups is 1. The van der Waals surface area contributed by atoms with Gasteiger partial charge in [-0.3, -0.25) is 30.6 Å². The van der Waals surface area contributed by atoms with Gasteiger partial charge in [-0.25, -0.2) is 0 Å². The van der Waals surface area contributed by atoms with E-state index in [2.05, 4.69) is 16.0 Å². The summed E-state index contributed by atoms with van der Waals surface area (Å²) in [5.41, 5.74) is 3.77. The number of nitro benzene ring substituents is 1. The summed E-state index contributed by atoms with van der Waals surface area (Å²) in [7, 11) is 0. The van der Waals surface area contributed by atoms with Crippen LogP contribution in [-0.4, -0.2) is 21.8 Å². The maximum Gasteiger partial charge on any atom is 0.272 e. The fraction of sp³-hybridized carbons (Fsp3) is 0.0667. The summed E-state index contributed by atoms with van der Waals surface area (Å²) in [4.78, 5) is 44.3. The fourth-order valence-corrected chi connectivity index (χ4v) is 1.98. The SMILES string of the molecule is O=Nc1cc(C(=O)NNC(=O)Cc2cccc(O)c2)cc([N+](=O)[O-])c1. The first-order valence-electron chi connectivity index (χ1n) is 6.89. The summed E-state index contributed by atoms with van der Waals surface area (Å²) in [5.74, 6) is -1.42. The number of non-ortho nitro benzene ring substituents is 1. The van der Waals surface area contributed by atoms with Gasteiger partial charge in [0.2, 0.25) is 5.91 Å². The van der Waals surface area contributed by atoms with Gasteiger partial charge < -0.3 is 5.11 Å². The standard InChI is InChI=1S/C15H12N4O6/c20-13-3-1-2-9(4-13)5-14(21)16-17-15(22)10-6-11(18-23)8-12(7-10)19(24)25/h1-4,6-8,20H,5H2,(H,16,21)(H,17,22). The molecule has 2 aromatic carbocycles. The number of carbonyl (C=O) groups excluding carboxylic acids is 2. The summed E-state index contributed by atoms with van der Waals surface area (Å²) >= 11 is 0. The Bertz CT molecular complexity index is 852. The lowest BCUT2D eigenvalue weighted by molar-refractivity contribution is -0.384. The molecule has 0 aliphatic heterocycles. The maximum absolute atomic E-state index is 12.0. The molecule has 10 nitrogen and oxygen atoms in total. The fourth-order valence-electron chi connectivity index (χ4n) is 1.98. The van der Waals surface area contributed by atoms with Crippen molar-refractivity contribution in [3.05, 3.63) is 68.6 Å². The second-order valence-corrected chi connectivity index (χ2v) is 4.94. The molecule has 128 valence electrons. The summed E-state index contributed by atoms with van der Waals surface area (Å²) in [6.45, 7) is 0. The van der Waals surface area contributed by atoms with Crippen molar-refractivity contribution < 1.29 is 19.6 Å². The molecule has 2 amide bonds. The first-order valence-corrected chi connectivity index (χ1v) is 6.89. The van der Waals surface area contributed by atoms with Crippen molar-refractivity contribution in [2.24, 2.45) is 5.18 Å². The molecule has 25 heavy (non-hydrogen) atoms. The second kappa shape index (κ2) is 7.64. The average Bonchev–Trinajstić information content (AvgIpc) is 2.59. The van der Waals surface area contributed by atoms with Crippen LogP contribution in [0.15, 0.2) is 47.6 Å². The number of phenolic OH excluding ortho intramolecular Hbond substituents is 1. The van der Waals surface area contributed by atoms with E-state index in [4.69, 9.17) is 0 Å². The molecule has 0 unspecified atom stereocenters. The van der Waals surface area contributed by atoms with Crippen LogP contribution in [0.4, 0.5) is 11.4 Å². The van der Waals surface area contributed by atoms with Crippen LogP contribution in [0, 0.1) is 15.0 Å². The summed E-state index contributed by atoms with van der Waals surface area (Å²) < 4.78 is 0. The smallest absolute Gasteiger partial charge is 0.272 e. The van der Waals surface area contributed by atoms with Crippen LogP contribution in [0.25, 0.3) is 0 Å². The van der Waals surface area contributed by atoms with Crippen molar-refractivity contribution in [3.63, 3.8) is 0 Å². The number of nitrogens with zero attached hydrogens (tertiary/aromatic N) is 2. The minimum Gasteiger partial charge on any atom is -0.508 e. The van der Waals surface area contributed by atoms with E-state index in [1.807, 2.05) is 0 Å². The van der Waals surface area contributed by atoms with Gasteiger partial charge in [0.05, 0.1) is 16.9 Å². The molecule has 0 saturated carbocycles. The molecule has 0 saturated heterocycles. The third kappa shape index (κ3) is 4.82. The number of benzene rings is 2. The largest absolute Gasteiger partial charge is 0.508 e. The van der Waals surface area contributed by atoms with Crippen LogP contribution in [-0.2, 0) is 11.2 Å². The van der Waals surface area contributed by atoms with E-state index < -0.39 is 22.4 Å². The van der Waals surface area contributed by atoms with Crippen molar-refractivity contribution in [2.75, 3.05) is 0 Å². The molecule has 0 heterocycles. The second-order valence-electron chi connectivity index (χ2n) is 4.94. The first-order chi connectivity index (χ1) is 11.9. The van der Waals surface area contributed by atoms with Gasteiger partial charge in [0.15, 0.2) is 0 Å². The van der Waals surface area contributed by atoms with Crippen LogP contribution in [0.3, 0.4) is 0 Å². The zero-order valence-electron chi connectivity index (χ0n) is 12.6. The van der Waals surface area contributed by atoms with Crippen LogP contribution >= 0.6 is 0 Å². The van der Waals surface area contributed by atoms with Crippen molar-refractivity contribution >= 4 is 23.2 Å². The number of hydrogen-bond acceptors (Lipinski definition) is 7. The molecule has 2 rings (SSSR count). The molecule has 0 aliphatic rings. The van der Waals surface area contributed by atoms with E-state index in [1.165, 1.54) is 12.1 Å². The Morgan fingerprint density at radius 3 is 2.56 bits per heavy atom. The Balaban J connectivity index is 2.02. The minimum atomic E-state index is -0.849. The van der Waals surface area contributed by atoms with E-state index in [1.54, 1.807) is 12.1 Å². The van der Waals surface area contributed by atoms with E-state index in [0.29, 0.717) is 5.56 Å². The topological polar surface area (TPSA) is 151 Å². The molecule has 2 aromatic rings. The highest BCUT2D eigenvalue weighted by molar-refractivity contribution is 5.96. The molecule has 0 atom stereocenters. The van der Waals surface area contributed by atoms with Crippen molar-refractivity contribution in [1.82, 2.24) is 10.9 Å². The molecule has 0 aliphatic carbocycles. The molecule has 10 heteroatoms. The predicted molar refractivity (Wildman–Crippen MR) is 86.0 cm³/mol. The van der Waals surface area contributed by atoms with E-state index in [9.17, 15) is 29.7 Å². The number of carbonyl (C=O) groups is 2. The van der Waals surface area contributed by atoms with Gasteiger partial charge in [0, 0.05) is 12.1 Å². The van der Waals surface area contributed by atoms with Gasteiger partial charge in [0.1, 0.15) is 11.4 Å². The van der Waals surface area contributed by atoms with Gasteiger partial charge in [-0.1, -0.05) is 12.1 Å². The number of nitro groups is 1. The first kappa shape index (κ1) is 17.5. The Hall–Kier alpha value is -3.82. The van der Waals surface area contributed by atoms with E-state index in [-0.39, 0.29) is 23.4 Å². The summed E-state index contributed by atoms with van der Waals surface area (Å²) in [6, 6.07) is 8.94. The van der Waals surface area contributed by atoms with Crippen LogP contribution in [0.1, 0.15) is 15.9 Å². The highest BCUT2D eigenvalue weighted by Crippen LogP contribution is 2.22. The maximum atomic E-state index is 12.0. The quantitative estimate of drug-likeness (QED) is 0.426. The molecular formula is C15H12N4O6. The number of aromatic hydroxyl groups is 1. The number of rotatable bonds is 5. The molecule has 0 radical (unpaired) electrons. The van der Waals surface area contributed by atoms with Gasteiger partial charge in [0.25, 0.3) is 11.6 Å². The monoisotopic (exact) mass is 344 g/mol. The molecule has 0 aromatic heterocycles. The van der Waals surface area contributed by atoms with Crippen LogP contribution < -0.4 is 10.9 Å². The third-order valence-corrected chi connectivity index (χ3v) is 3.07. The predicted octanol–water partition coefficient (Wildman–Crippen LogP) is 1.70. The number of nitroso groups, excluding NO2 is 1. The Morgan fingerprint density at radius 2 is 1.92 bits per heavy atom. The van der Waals surface area contributed by atoms with Gasteiger partial charge >= 0.3 is 0 Å².